The Morgan fingerprint density at radius 2 is 2.11 bits per heavy atom. The van der Waals surface area contributed by atoms with Crippen LogP contribution < -0.4 is 10.6 Å². The molecule has 0 aromatic heterocycles. The lowest BCUT2D eigenvalue weighted by atomic mass is 10.0. The number of rotatable bonds is 7. The standard InChI is InChI=1S/C17H24N2/c1-6-15(12-18-5)10-14(4)19-17-9-7-8-16(11-17)13(2)3/h6-9,11-13,18-19H,1,4,10H2,2-3,5H3/b15-12+. The first-order valence-electron chi connectivity index (χ1n) is 6.60. The van der Waals surface area contributed by atoms with Gasteiger partial charge in [-0.25, -0.2) is 0 Å². The number of allylic oxidation sites excluding steroid dienone is 2. The Hall–Kier alpha value is -1.96. The first kappa shape index (κ1) is 15.1. The highest BCUT2D eigenvalue weighted by Gasteiger charge is 2.02. The molecule has 0 aliphatic rings. The summed E-state index contributed by atoms with van der Waals surface area (Å²) < 4.78 is 0. The molecule has 0 saturated heterocycles. The maximum atomic E-state index is 4.07. The minimum absolute atomic E-state index is 0.530. The molecule has 1 rings (SSSR count). The third-order valence-electron chi connectivity index (χ3n) is 2.88. The van der Waals surface area contributed by atoms with Gasteiger partial charge in [0.1, 0.15) is 0 Å². The van der Waals surface area contributed by atoms with Gasteiger partial charge in [0.25, 0.3) is 0 Å². The molecule has 0 aliphatic heterocycles. The molecule has 2 heteroatoms. The molecule has 1 aromatic carbocycles. The Kier molecular flexibility index (Phi) is 5.94. The lowest BCUT2D eigenvalue weighted by Gasteiger charge is -2.13. The van der Waals surface area contributed by atoms with Crippen molar-refractivity contribution in [2.45, 2.75) is 26.2 Å². The van der Waals surface area contributed by atoms with Gasteiger partial charge >= 0.3 is 0 Å². The second-order valence-electron chi connectivity index (χ2n) is 4.90. The van der Waals surface area contributed by atoms with E-state index in [2.05, 4.69) is 61.9 Å². The zero-order valence-corrected chi connectivity index (χ0v) is 12.2. The lowest BCUT2D eigenvalue weighted by Crippen LogP contribution is -2.02. The average molecular weight is 256 g/mol. The largest absolute Gasteiger partial charge is 0.394 e. The fraction of sp³-hybridized carbons (Fsp3) is 0.294. The summed E-state index contributed by atoms with van der Waals surface area (Å²) in [5, 5.41) is 6.36. The van der Waals surface area contributed by atoms with Crippen LogP contribution in [0.15, 0.2) is 61.0 Å². The van der Waals surface area contributed by atoms with E-state index in [-0.39, 0.29) is 0 Å². The summed E-state index contributed by atoms with van der Waals surface area (Å²) in [6, 6.07) is 8.45. The topological polar surface area (TPSA) is 24.1 Å². The zero-order valence-electron chi connectivity index (χ0n) is 12.2. The molecule has 0 spiro atoms. The minimum atomic E-state index is 0.530. The Morgan fingerprint density at radius 3 is 2.68 bits per heavy atom. The Morgan fingerprint density at radius 1 is 1.37 bits per heavy atom. The van der Waals surface area contributed by atoms with E-state index < -0.39 is 0 Å². The monoisotopic (exact) mass is 256 g/mol. The fourth-order valence-corrected chi connectivity index (χ4v) is 1.84. The third-order valence-corrected chi connectivity index (χ3v) is 2.88. The summed E-state index contributed by atoms with van der Waals surface area (Å²) in [5.74, 6) is 0.530. The highest BCUT2D eigenvalue weighted by Crippen LogP contribution is 2.20. The van der Waals surface area contributed by atoms with Crippen LogP contribution in [0.5, 0.6) is 0 Å². The molecule has 102 valence electrons. The first-order chi connectivity index (χ1) is 9.06. The Labute approximate surface area is 116 Å². The minimum Gasteiger partial charge on any atom is -0.394 e. The van der Waals surface area contributed by atoms with E-state index in [1.54, 1.807) is 0 Å². The van der Waals surface area contributed by atoms with Gasteiger partial charge in [-0.05, 0) is 35.4 Å². The molecular weight excluding hydrogens is 232 g/mol. The predicted octanol–water partition coefficient (Wildman–Crippen LogP) is 4.42. The number of anilines is 1. The van der Waals surface area contributed by atoms with E-state index in [0.717, 1.165) is 23.4 Å². The summed E-state index contributed by atoms with van der Waals surface area (Å²) in [5.41, 5.74) is 4.49. The van der Waals surface area contributed by atoms with Gasteiger partial charge in [0.05, 0.1) is 0 Å². The van der Waals surface area contributed by atoms with Crippen LogP contribution in [0.25, 0.3) is 0 Å². The number of hydrogen-bond acceptors (Lipinski definition) is 2. The number of hydrogen-bond donors (Lipinski definition) is 2. The van der Waals surface area contributed by atoms with Crippen molar-refractivity contribution in [2.24, 2.45) is 0 Å². The molecule has 0 amide bonds. The molecule has 0 saturated carbocycles. The molecule has 0 aliphatic carbocycles. The summed E-state index contributed by atoms with van der Waals surface area (Å²) in [6.45, 7) is 12.3. The van der Waals surface area contributed by atoms with Gasteiger partial charge in [-0.2, -0.15) is 0 Å². The van der Waals surface area contributed by atoms with Crippen LogP contribution in [0.2, 0.25) is 0 Å². The normalized spacial score (nSPS) is 11.3. The third kappa shape index (κ3) is 5.04. The van der Waals surface area contributed by atoms with E-state index in [0.29, 0.717) is 5.92 Å². The maximum Gasteiger partial charge on any atom is 0.0384 e. The van der Waals surface area contributed by atoms with Crippen molar-refractivity contribution >= 4 is 5.69 Å². The second kappa shape index (κ2) is 7.47. The molecule has 1 aromatic rings. The molecule has 0 bridgehead atoms. The van der Waals surface area contributed by atoms with Crippen molar-refractivity contribution in [1.29, 1.82) is 0 Å². The fourth-order valence-electron chi connectivity index (χ4n) is 1.84. The van der Waals surface area contributed by atoms with Crippen LogP contribution in [0.1, 0.15) is 31.7 Å². The van der Waals surface area contributed by atoms with Gasteiger partial charge in [-0.3, -0.25) is 0 Å². The van der Waals surface area contributed by atoms with E-state index in [9.17, 15) is 0 Å². The van der Waals surface area contributed by atoms with E-state index >= 15 is 0 Å². The predicted molar refractivity (Wildman–Crippen MR) is 85.3 cm³/mol. The van der Waals surface area contributed by atoms with Crippen LogP contribution in [0.3, 0.4) is 0 Å². The lowest BCUT2D eigenvalue weighted by molar-refractivity contribution is 0.867. The Bertz CT molecular complexity index is 470. The van der Waals surface area contributed by atoms with Crippen molar-refractivity contribution in [3.05, 3.63) is 66.5 Å². The van der Waals surface area contributed by atoms with Crippen LogP contribution >= 0.6 is 0 Å². The van der Waals surface area contributed by atoms with Crippen molar-refractivity contribution < 1.29 is 0 Å². The molecule has 2 nitrogen and oxygen atoms in total. The van der Waals surface area contributed by atoms with Crippen molar-refractivity contribution in [1.82, 2.24) is 5.32 Å². The Balaban J connectivity index is 2.69. The van der Waals surface area contributed by atoms with Crippen LogP contribution in [0, 0.1) is 0 Å². The van der Waals surface area contributed by atoms with Crippen LogP contribution in [-0.4, -0.2) is 7.05 Å². The van der Waals surface area contributed by atoms with Gasteiger partial charge < -0.3 is 10.6 Å². The molecule has 0 atom stereocenters. The van der Waals surface area contributed by atoms with Crippen LogP contribution in [-0.2, 0) is 0 Å². The molecule has 0 fully saturated rings. The molecule has 0 unspecified atom stereocenters. The van der Waals surface area contributed by atoms with Gasteiger partial charge in [-0.1, -0.05) is 45.2 Å². The van der Waals surface area contributed by atoms with Crippen molar-refractivity contribution in [2.75, 3.05) is 12.4 Å². The van der Waals surface area contributed by atoms with Crippen molar-refractivity contribution in [3.8, 4) is 0 Å². The van der Waals surface area contributed by atoms with Gasteiger partial charge in [0, 0.05) is 24.9 Å². The van der Waals surface area contributed by atoms with Crippen molar-refractivity contribution in [3.63, 3.8) is 0 Å². The first-order valence-corrected chi connectivity index (χ1v) is 6.60. The quantitative estimate of drug-likeness (QED) is 0.706. The van der Waals surface area contributed by atoms with E-state index in [1.807, 2.05) is 19.3 Å². The zero-order chi connectivity index (χ0) is 14.3. The smallest absolute Gasteiger partial charge is 0.0384 e. The molecule has 0 radical (unpaired) electrons. The summed E-state index contributed by atoms with van der Waals surface area (Å²) in [4.78, 5) is 0. The maximum absolute atomic E-state index is 4.07. The van der Waals surface area contributed by atoms with Gasteiger partial charge in [0.15, 0.2) is 0 Å². The molecule has 0 heterocycles. The van der Waals surface area contributed by atoms with Gasteiger partial charge in [-0.15, -0.1) is 0 Å². The number of nitrogens with one attached hydrogen (secondary N) is 2. The summed E-state index contributed by atoms with van der Waals surface area (Å²) in [6.07, 6.45) is 4.54. The SMILES string of the molecule is C=C/C(=C\NC)CC(=C)Nc1cccc(C(C)C)c1. The molecule has 2 N–H and O–H groups in total. The summed E-state index contributed by atoms with van der Waals surface area (Å²) >= 11 is 0. The second-order valence-corrected chi connectivity index (χ2v) is 4.90. The molecular formula is C17H24N2. The molecule has 19 heavy (non-hydrogen) atoms. The number of benzene rings is 1. The van der Waals surface area contributed by atoms with E-state index in [1.165, 1.54) is 5.56 Å². The highest BCUT2D eigenvalue weighted by atomic mass is 14.9. The van der Waals surface area contributed by atoms with E-state index in [4.69, 9.17) is 0 Å². The average Bonchev–Trinajstić information content (AvgIpc) is 2.38. The summed E-state index contributed by atoms with van der Waals surface area (Å²) in [7, 11) is 1.88. The highest BCUT2D eigenvalue weighted by molar-refractivity contribution is 5.51. The van der Waals surface area contributed by atoms with Gasteiger partial charge in [0.2, 0.25) is 0 Å². The van der Waals surface area contributed by atoms with Crippen LogP contribution in [0.4, 0.5) is 5.69 Å².